The summed E-state index contributed by atoms with van der Waals surface area (Å²) >= 11 is 0. The predicted molar refractivity (Wildman–Crippen MR) is 200 cm³/mol. The third-order valence-corrected chi connectivity index (χ3v) is 9.82. The molecule has 10 rings (SSSR count). The molecule has 218 valence electrons. The summed E-state index contributed by atoms with van der Waals surface area (Å²) in [5, 5.41) is 12.2. The van der Waals surface area contributed by atoms with Crippen molar-refractivity contribution in [3.8, 4) is 33.4 Å². The van der Waals surface area contributed by atoms with Crippen molar-refractivity contribution in [2.45, 2.75) is 0 Å². The molecule has 0 saturated heterocycles. The molecule has 1 heteroatoms. The van der Waals surface area contributed by atoms with E-state index in [9.17, 15) is 0 Å². The molecule has 10 aromatic rings. The van der Waals surface area contributed by atoms with E-state index in [1.54, 1.807) is 0 Å². The average Bonchev–Trinajstić information content (AvgIpc) is 3.52. The van der Waals surface area contributed by atoms with Gasteiger partial charge in [-0.25, -0.2) is 0 Å². The Morgan fingerprint density at radius 2 is 0.787 bits per heavy atom. The van der Waals surface area contributed by atoms with E-state index >= 15 is 0 Å². The van der Waals surface area contributed by atoms with Crippen molar-refractivity contribution < 1.29 is 4.42 Å². The van der Waals surface area contributed by atoms with Gasteiger partial charge in [-0.2, -0.15) is 0 Å². The first-order valence-corrected chi connectivity index (χ1v) is 16.2. The van der Waals surface area contributed by atoms with E-state index in [4.69, 9.17) is 4.42 Å². The molecule has 0 atom stereocenters. The lowest BCUT2D eigenvalue weighted by atomic mass is 9.85. The second kappa shape index (κ2) is 10.2. The maximum atomic E-state index is 6.52. The fourth-order valence-electron chi connectivity index (χ4n) is 7.66. The van der Waals surface area contributed by atoms with Crippen LogP contribution in [0, 0.1) is 0 Å². The summed E-state index contributed by atoms with van der Waals surface area (Å²) in [5.74, 6) is 0. The van der Waals surface area contributed by atoms with Gasteiger partial charge in [0.25, 0.3) is 0 Å². The van der Waals surface area contributed by atoms with Crippen LogP contribution in [0.25, 0.3) is 98.4 Å². The van der Waals surface area contributed by atoms with Crippen molar-refractivity contribution in [1.29, 1.82) is 0 Å². The molecule has 0 radical (unpaired) electrons. The zero-order chi connectivity index (χ0) is 30.9. The van der Waals surface area contributed by atoms with Gasteiger partial charge in [0, 0.05) is 10.8 Å². The van der Waals surface area contributed by atoms with Gasteiger partial charge in [0.2, 0.25) is 0 Å². The Morgan fingerprint density at radius 3 is 1.47 bits per heavy atom. The Morgan fingerprint density at radius 1 is 0.277 bits per heavy atom. The van der Waals surface area contributed by atoms with Crippen molar-refractivity contribution in [1.82, 2.24) is 0 Å². The minimum Gasteiger partial charge on any atom is -0.456 e. The van der Waals surface area contributed by atoms with Crippen molar-refractivity contribution in [2.24, 2.45) is 0 Å². The lowest BCUT2D eigenvalue weighted by Crippen LogP contribution is -1.91. The molecule has 1 heterocycles. The molecule has 0 aliphatic rings. The quantitative estimate of drug-likeness (QED) is 0.185. The Bertz CT molecular complexity index is 2780. The lowest BCUT2D eigenvalue weighted by Gasteiger charge is -2.18. The zero-order valence-corrected chi connectivity index (χ0v) is 25.6. The molecule has 0 aliphatic carbocycles. The molecular formula is C46H28O. The predicted octanol–water partition coefficient (Wildman–Crippen LogP) is 13.2. The van der Waals surface area contributed by atoms with Crippen molar-refractivity contribution in [3.63, 3.8) is 0 Å². The smallest absolute Gasteiger partial charge is 0.136 e. The number of hydrogen-bond donors (Lipinski definition) is 0. The molecule has 1 nitrogen and oxygen atoms in total. The normalized spacial score (nSPS) is 11.8. The number of fused-ring (bicyclic) bond motifs is 8. The van der Waals surface area contributed by atoms with E-state index in [0.717, 1.165) is 22.1 Å². The first-order chi connectivity index (χ1) is 23.3. The lowest BCUT2D eigenvalue weighted by molar-refractivity contribution is 0.669. The van der Waals surface area contributed by atoms with Crippen LogP contribution >= 0.6 is 0 Å². The summed E-state index contributed by atoms with van der Waals surface area (Å²) in [6, 6.07) is 61.5. The summed E-state index contributed by atoms with van der Waals surface area (Å²) in [6.45, 7) is 0. The molecule has 47 heavy (non-hydrogen) atoms. The standard InChI is InChI=1S/C46H28O/c1-2-10-29(11-3-1)31-18-19-33-27-34(21-20-32(33)26-31)44-37-14-6-8-16-39(37)45(40-17-9-7-15-38(40)44)35-22-24-41-43(28-35)47-42-25-23-30-12-4-5-13-36(30)46(41)42/h1-28H. The second-order valence-corrected chi connectivity index (χ2v) is 12.5. The summed E-state index contributed by atoms with van der Waals surface area (Å²) in [7, 11) is 0. The molecule has 0 N–H and O–H groups in total. The SMILES string of the molecule is c1ccc(-c2ccc3cc(-c4c5ccccc5c(-c5ccc6c(c5)oc5ccc7ccccc7c56)c5ccccc45)ccc3c2)cc1. The maximum absolute atomic E-state index is 6.52. The number of rotatable bonds is 3. The minimum atomic E-state index is 0.912. The molecule has 0 bridgehead atoms. The van der Waals surface area contributed by atoms with Gasteiger partial charge in [0.1, 0.15) is 11.2 Å². The molecule has 0 fully saturated rings. The second-order valence-electron chi connectivity index (χ2n) is 12.5. The summed E-state index contributed by atoms with van der Waals surface area (Å²) in [4.78, 5) is 0. The third-order valence-electron chi connectivity index (χ3n) is 9.82. The van der Waals surface area contributed by atoms with E-state index in [-0.39, 0.29) is 0 Å². The summed E-state index contributed by atoms with van der Waals surface area (Å²) in [6.07, 6.45) is 0. The highest BCUT2D eigenvalue weighted by Crippen LogP contribution is 2.45. The van der Waals surface area contributed by atoms with Crippen LogP contribution < -0.4 is 0 Å². The van der Waals surface area contributed by atoms with Crippen LogP contribution in [0.5, 0.6) is 0 Å². The van der Waals surface area contributed by atoms with Gasteiger partial charge in [0.15, 0.2) is 0 Å². The van der Waals surface area contributed by atoms with Gasteiger partial charge >= 0.3 is 0 Å². The largest absolute Gasteiger partial charge is 0.456 e. The molecule has 0 aliphatic heterocycles. The van der Waals surface area contributed by atoms with Crippen molar-refractivity contribution in [3.05, 3.63) is 170 Å². The number of furan rings is 1. The van der Waals surface area contributed by atoms with Gasteiger partial charge in [-0.15, -0.1) is 0 Å². The first-order valence-electron chi connectivity index (χ1n) is 16.2. The highest BCUT2D eigenvalue weighted by Gasteiger charge is 2.18. The van der Waals surface area contributed by atoms with Crippen LogP contribution in [0.4, 0.5) is 0 Å². The first kappa shape index (κ1) is 26.1. The molecule has 0 saturated carbocycles. The Kier molecular flexibility index (Phi) is 5.64. The third kappa shape index (κ3) is 4.03. The Balaban J connectivity index is 1.19. The topological polar surface area (TPSA) is 13.1 Å². The summed E-state index contributed by atoms with van der Waals surface area (Å²) in [5.41, 5.74) is 9.20. The van der Waals surface area contributed by atoms with E-state index in [2.05, 4.69) is 170 Å². The number of benzene rings is 9. The van der Waals surface area contributed by atoms with Gasteiger partial charge in [-0.1, -0.05) is 140 Å². The van der Waals surface area contributed by atoms with Crippen LogP contribution in [0.15, 0.2) is 174 Å². The van der Waals surface area contributed by atoms with Crippen LogP contribution in [0.2, 0.25) is 0 Å². The van der Waals surface area contributed by atoms with Crippen LogP contribution in [0.1, 0.15) is 0 Å². The van der Waals surface area contributed by atoms with E-state index in [1.165, 1.54) is 76.3 Å². The molecule has 0 amide bonds. The van der Waals surface area contributed by atoms with E-state index in [0.29, 0.717) is 0 Å². The Hall–Kier alpha value is -6.18. The maximum Gasteiger partial charge on any atom is 0.136 e. The minimum absolute atomic E-state index is 0.912. The van der Waals surface area contributed by atoms with Crippen molar-refractivity contribution in [2.75, 3.05) is 0 Å². The fourth-order valence-corrected chi connectivity index (χ4v) is 7.66. The molecule has 0 unspecified atom stereocenters. The van der Waals surface area contributed by atoms with E-state index < -0.39 is 0 Å². The molecular weight excluding hydrogens is 569 g/mol. The fraction of sp³-hybridized carbons (Fsp3) is 0. The van der Waals surface area contributed by atoms with Crippen LogP contribution in [0.3, 0.4) is 0 Å². The zero-order valence-electron chi connectivity index (χ0n) is 25.6. The van der Waals surface area contributed by atoms with Crippen LogP contribution in [-0.2, 0) is 0 Å². The van der Waals surface area contributed by atoms with Crippen molar-refractivity contribution >= 4 is 65.0 Å². The monoisotopic (exact) mass is 596 g/mol. The number of hydrogen-bond acceptors (Lipinski definition) is 1. The highest BCUT2D eigenvalue weighted by molar-refractivity contribution is 6.23. The van der Waals surface area contributed by atoms with Gasteiger partial charge in [-0.05, 0) is 107 Å². The highest BCUT2D eigenvalue weighted by atomic mass is 16.3. The molecule has 9 aromatic carbocycles. The van der Waals surface area contributed by atoms with Crippen LogP contribution in [-0.4, -0.2) is 0 Å². The summed E-state index contributed by atoms with van der Waals surface area (Å²) < 4.78 is 6.52. The molecule has 1 aromatic heterocycles. The molecule has 0 spiro atoms. The average molecular weight is 597 g/mol. The Labute approximate surface area is 271 Å². The van der Waals surface area contributed by atoms with Gasteiger partial charge < -0.3 is 4.42 Å². The van der Waals surface area contributed by atoms with Gasteiger partial charge in [-0.3, -0.25) is 0 Å². The van der Waals surface area contributed by atoms with Gasteiger partial charge in [0.05, 0.1) is 0 Å². The van der Waals surface area contributed by atoms with E-state index in [1.807, 2.05) is 0 Å².